The van der Waals surface area contributed by atoms with E-state index in [9.17, 15) is 19.5 Å². The third kappa shape index (κ3) is 4.15. The molecule has 1 aromatic carbocycles. The molecule has 0 bridgehead atoms. The minimum Gasteiger partial charge on any atom is -0.481 e. The Morgan fingerprint density at radius 1 is 1.19 bits per heavy atom. The van der Waals surface area contributed by atoms with Crippen LogP contribution in [-0.4, -0.2) is 51.8 Å². The average Bonchev–Trinajstić information content (AvgIpc) is 3.08. The van der Waals surface area contributed by atoms with Crippen LogP contribution in [0, 0.1) is 5.41 Å². The normalized spacial score (nSPS) is 22.5. The van der Waals surface area contributed by atoms with Crippen molar-refractivity contribution in [3.05, 3.63) is 35.4 Å². The molecule has 0 saturated carbocycles. The van der Waals surface area contributed by atoms with Crippen LogP contribution in [0.3, 0.4) is 0 Å². The summed E-state index contributed by atoms with van der Waals surface area (Å²) in [7, 11) is 0. The van der Waals surface area contributed by atoms with Crippen LogP contribution in [0.4, 0.5) is 0 Å². The van der Waals surface area contributed by atoms with E-state index in [4.69, 9.17) is 0 Å². The lowest BCUT2D eigenvalue weighted by molar-refractivity contribution is -0.147. The van der Waals surface area contributed by atoms with E-state index in [1.807, 2.05) is 45.0 Å². The number of carboxylic acids is 1. The van der Waals surface area contributed by atoms with Gasteiger partial charge in [0.2, 0.25) is 11.8 Å². The molecule has 6 nitrogen and oxygen atoms in total. The van der Waals surface area contributed by atoms with Crippen molar-refractivity contribution in [2.24, 2.45) is 5.41 Å². The molecule has 0 radical (unpaired) electrons. The second kappa shape index (κ2) is 7.33. The predicted molar refractivity (Wildman–Crippen MR) is 101 cm³/mol. The molecule has 0 aromatic heterocycles. The second-order valence-corrected chi connectivity index (χ2v) is 8.79. The molecule has 6 heteroatoms. The van der Waals surface area contributed by atoms with Crippen LogP contribution in [0.25, 0.3) is 0 Å². The van der Waals surface area contributed by atoms with Gasteiger partial charge in [-0.05, 0) is 29.4 Å². The Morgan fingerprint density at radius 2 is 1.89 bits per heavy atom. The highest BCUT2D eigenvalue weighted by molar-refractivity contribution is 5.89. The molecule has 2 unspecified atom stereocenters. The topological polar surface area (TPSA) is 77.9 Å². The SMILES string of the molecule is CC(C)(C)CC(=O)N1CCCC1C(=O)N1Cc2ccccc2C(C(=O)O)C1. The second-order valence-electron chi connectivity index (χ2n) is 8.79. The van der Waals surface area contributed by atoms with E-state index in [2.05, 4.69) is 0 Å². The monoisotopic (exact) mass is 372 g/mol. The zero-order chi connectivity index (χ0) is 19.8. The Kier molecular flexibility index (Phi) is 5.27. The van der Waals surface area contributed by atoms with Gasteiger partial charge in [0.15, 0.2) is 0 Å². The molecule has 1 fully saturated rings. The highest BCUT2D eigenvalue weighted by atomic mass is 16.4. The van der Waals surface area contributed by atoms with E-state index < -0.39 is 17.9 Å². The summed E-state index contributed by atoms with van der Waals surface area (Å²) in [5.41, 5.74) is 1.52. The van der Waals surface area contributed by atoms with E-state index in [0.717, 1.165) is 17.5 Å². The van der Waals surface area contributed by atoms with Gasteiger partial charge in [0.1, 0.15) is 6.04 Å². The summed E-state index contributed by atoms with van der Waals surface area (Å²) in [6.07, 6.45) is 1.85. The fraction of sp³-hybridized carbons (Fsp3) is 0.571. The minimum absolute atomic E-state index is 0.00513. The number of likely N-dealkylation sites (tertiary alicyclic amines) is 1. The Labute approximate surface area is 160 Å². The number of carbonyl (C=O) groups is 3. The summed E-state index contributed by atoms with van der Waals surface area (Å²) in [6.45, 7) is 7.18. The maximum Gasteiger partial charge on any atom is 0.312 e. The van der Waals surface area contributed by atoms with Crippen molar-refractivity contribution in [2.75, 3.05) is 13.1 Å². The Balaban J connectivity index is 1.79. The van der Waals surface area contributed by atoms with Gasteiger partial charge in [0.25, 0.3) is 0 Å². The number of fused-ring (bicyclic) bond motifs is 1. The lowest BCUT2D eigenvalue weighted by atomic mass is 9.89. The summed E-state index contributed by atoms with van der Waals surface area (Å²) in [5.74, 6) is -1.77. The maximum absolute atomic E-state index is 13.2. The van der Waals surface area contributed by atoms with E-state index in [-0.39, 0.29) is 23.8 Å². The molecule has 1 aromatic rings. The molecule has 146 valence electrons. The third-order valence-corrected chi connectivity index (χ3v) is 5.34. The van der Waals surface area contributed by atoms with Gasteiger partial charge in [-0.1, -0.05) is 45.0 Å². The summed E-state index contributed by atoms with van der Waals surface area (Å²) in [4.78, 5) is 40.9. The van der Waals surface area contributed by atoms with E-state index in [1.165, 1.54) is 0 Å². The molecule has 2 atom stereocenters. The number of amides is 2. The highest BCUT2D eigenvalue weighted by Gasteiger charge is 2.40. The number of carbonyl (C=O) groups excluding carboxylic acids is 2. The van der Waals surface area contributed by atoms with E-state index in [0.29, 0.717) is 25.9 Å². The van der Waals surface area contributed by atoms with Crippen molar-refractivity contribution >= 4 is 17.8 Å². The van der Waals surface area contributed by atoms with Gasteiger partial charge in [-0.15, -0.1) is 0 Å². The van der Waals surface area contributed by atoms with Gasteiger partial charge in [-0.3, -0.25) is 14.4 Å². The van der Waals surface area contributed by atoms with Crippen molar-refractivity contribution in [3.63, 3.8) is 0 Å². The van der Waals surface area contributed by atoms with Crippen LogP contribution in [0.2, 0.25) is 0 Å². The van der Waals surface area contributed by atoms with Gasteiger partial charge < -0.3 is 14.9 Å². The Bertz CT molecular complexity index is 753. The van der Waals surface area contributed by atoms with Crippen molar-refractivity contribution in [1.82, 2.24) is 9.80 Å². The molecule has 27 heavy (non-hydrogen) atoms. The summed E-state index contributed by atoms with van der Waals surface area (Å²) < 4.78 is 0. The maximum atomic E-state index is 13.2. The number of nitrogens with zero attached hydrogens (tertiary/aromatic N) is 2. The van der Waals surface area contributed by atoms with Crippen molar-refractivity contribution in [2.45, 2.75) is 58.5 Å². The number of aliphatic carboxylic acids is 1. The van der Waals surface area contributed by atoms with Gasteiger partial charge in [-0.2, -0.15) is 0 Å². The summed E-state index contributed by atoms with van der Waals surface area (Å²) >= 11 is 0. The molecular weight excluding hydrogens is 344 g/mol. The standard InChI is InChI=1S/C21H28N2O4/c1-21(2,3)11-18(24)23-10-6-9-17(23)19(25)22-12-14-7-4-5-8-15(14)16(13-22)20(26)27/h4-5,7-8,16-17H,6,9-13H2,1-3H3,(H,26,27). The van der Waals surface area contributed by atoms with Gasteiger partial charge >= 0.3 is 5.97 Å². The lowest BCUT2D eigenvalue weighted by Crippen LogP contribution is -2.50. The van der Waals surface area contributed by atoms with Gasteiger partial charge in [0.05, 0.1) is 5.92 Å². The van der Waals surface area contributed by atoms with Crippen LogP contribution >= 0.6 is 0 Å². The number of rotatable bonds is 3. The largest absolute Gasteiger partial charge is 0.481 e. The number of hydrogen-bond donors (Lipinski definition) is 1. The third-order valence-electron chi connectivity index (χ3n) is 5.34. The molecule has 2 amide bonds. The first-order valence-corrected chi connectivity index (χ1v) is 9.56. The van der Waals surface area contributed by atoms with Crippen molar-refractivity contribution in [1.29, 1.82) is 0 Å². The first-order chi connectivity index (χ1) is 12.7. The van der Waals surface area contributed by atoms with Crippen LogP contribution in [-0.2, 0) is 20.9 Å². The predicted octanol–water partition coefficient (Wildman–Crippen LogP) is 2.62. The lowest BCUT2D eigenvalue weighted by Gasteiger charge is -2.36. The smallest absolute Gasteiger partial charge is 0.312 e. The summed E-state index contributed by atoms with van der Waals surface area (Å²) in [5, 5.41) is 9.62. The fourth-order valence-electron chi connectivity index (χ4n) is 4.07. The number of hydrogen-bond acceptors (Lipinski definition) is 3. The molecule has 2 heterocycles. The van der Waals surface area contributed by atoms with Crippen molar-refractivity contribution < 1.29 is 19.5 Å². The zero-order valence-electron chi connectivity index (χ0n) is 16.3. The quantitative estimate of drug-likeness (QED) is 0.885. The van der Waals surface area contributed by atoms with Crippen LogP contribution in [0.1, 0.15) is 57.1 Å². The molecular formula is C21H28N2O4. The molecule has 0 spiro atoms. The Morgan fingerprint density at radius 3 is 2.56 bits per heavy atom. The molecule has 2 aliphatic rings. The summed E-state index contributed by atoms with van der Waals surface area (Å²) in [6, 6.07) is 6.92. The minimum atomic E-state index is -0.924. The molecule has 3 rings (SSSR count). The van der Waals surface area contributed by atoms with Crippen LogP contribution in [0.5, 0.6) is 0 Å². The average molecular weight is 372 g/mol. The molecule has 0 aliphatic carbocycles. The van der Waals surface area contributed by atoms with E-state index >= 15 is 0 Å². The van der Waals surface area contributed by atoms with Crippen LogP contribution < -0.4 is 0 Å². The first-order valence-electron chi connectivity index (χ1n) is 9.56. The highest BCUT2D eigenvalue weighted by Crippen LogP contribution is 2.31. The van der Waals surface area contributed by atoms with Gasteiger partial charge in [-0.25, -0.2) is 0 Å². The first kappa shape index (κ1) is 19.4. The van der Waals surface area contributed by atoms with E-state index in [1.54, 1.807) is 9.80 Å². The Hall–Kier alpha value is -2.37. The molecule has 1 saturated heterocycles. The number of benzene rings is 1. The zero-order valence-corrected chi connectivity index (χ0v) is 16.3. The van der Waals surface area contributed by atoms with Crippen molar-refractivity contribution in [3.8, 4) is 0 Å². The molecule has 2 aliphatic heterocycles. The van der Waals surface area contributed by atoms with Crippen LogP contribution in [0.15, 0.2) is 24.3 Å². The van der Waals surface area contributed by atoms with Gasteiger partial charge in [0, 0.05) is 26.1 Å². The fourth-order valence-corrected chi connectivity index (χ4v) is 4.07. The molecule has 1 N–H and O–H groups in total. The number of carboxylic acid groups (broad SMARTS) is 1.